The standard InChI is InChI=1S/C16H15Cl/c1-13(15-5-3-2-4-6-15)7-8-14-9-11-16(17)12-10-14/h2-13H,1H3/b8-7-. The van der Waals surface area contributed by atoms with Gasteiger partial charge in [0, 0.05) is 5.02 Å². The van der Waals surface area contributed by atoms with E-state index in [9.17, 15) is 0 Å². The molecule has 0 aliphatic rings. The molecule has 0 fully saturated rings. The van der Waals surface area contributed by atoms with Crippen molar-refractivity contribution in [3.8, 4) is 0 Å². The van der Waals surface area contributed by atoms with Gasteiger partial charge in [-0.3, -0.25) is 0 Å². The minimum absolute atomic E-state index is 0.423. The Balaban J connectivity index is 2.08. The van der Waals surface area contributed by atoms with Crippen LogP contribution in [0.5, 0.6) is 0 Å². The second-order valence-corrected chi connectivity index (χ2v) is 4.55. The molecule has 1 heteroatoms. The Labute approximate surface area is 108 Å². The number of halogens is 1. The van der Waals surface area contributed by atoms with Crippen LogP contribution in [0.3, 0.4) is 0 Å². The van der Waals surface area contributed by atoms with Gasteiger partial charge in [-0.15, -0.1) is 0 Å². The Kier molecular flexibility index (Phi) is 4.00. The lowest BCUT2D eigenvalue weighted by Crippen LogP contribution is -1.87. The fraction of sp³-hybridized carbons (Fsp3) is 0.125. The van der Waals surface area contributed by atoms with Crippen LogP contribution in [0.4, 0.5) is 0 Å². The van der Waals surface area contributed by atoms with Gasteiger partial charge in [-0.25, -0.2) is 0 Å². The topological polar surface area (TPSA) is 0 Å². The molecule has 0 aliphatic carbocycles. The van der Waals surface area contributed by atoms with Crippen molar-refractivity contribution < 1.29 is 0 Å². The van der Waals surface area contributed by atoms with Crippen LogP contribution in [-0.2, 0) is 0 Å². The lowest BCUT2D eigenvalue weighted by Gasteiger charge is -2.05. The van der Waals surface area contributed by atoms with E-state index in [-0.39, 0.29) is 0 Å². The summed E-state index contributed by atoms with van der Waals surface area (Å²) in [6.07, 6.45) is 4.34. The van der Waals surface area contributed by atoms with E-state index in [0.29, 0.717) is 5.92 Å². The molecule has 0 saturated carbocycles. The van der Waals surface area contributed by atoms with Crippen molar-refractivity contribution in [2.75, 3.05) is 0 Å². The van der Waals surface area contributed by atoms with Crippen molar-refractivity contribution in [3.05, 3.63) is 76.8 Å². The maximum atomic E-state index is 5.85. The summed E-state index contributed by atoms with van der Waals surface area (Å²) < 4.78 is 0. The molecule has 1 atom stereocenters. The van der Waals surface area contributed by atoms with Gasteiger partial charge in [0.05, 0.1) is 0 Å². The first kappa shape index (κ1) is 11.9. The van der Waals surface area contributed by atoms with Gasteiger partial charge < -0.3 is 0 Å². The Bertz CT molecular complexity index is 483. The van der Waals surface area contributed by atoms with Crippen LogP contribution in [-0.4, -0.2) is 0 Å². The molecule has 0 radical (unpaired) electrons. The zero-order valence-corrected chi connectivity index (χ0v) is 10.6. The van der Waals surface area contributed by atoms with E-state index in [1.54, 1.807) is 0 Å². The lowest BCUT2D eigenvalue weighted by atomic mass is 10.00. The Hall–Kier alpha value is -1.53. The van der Waals surface area contributed by atoms with E-state index in [2.05, 4.69) is 43.3 Å². The van der Waals surface area contributed by atoms with Crippen molar-refractivity contribution >= 4 is 17.7 Å². The van der Waals surface area contributed by atoms with Crippen LogP contribution in [0.15, 0.2) is 60.7 Å². The molecule has 0 N–H and O–H groups in total. The first-order valence-corrected chi connectivity index (χ1v) is 6.12. The van der Waals surface area contributed by atoms with Gasteiger partial charge in [-0.1, -0.05) is 73.1 Å². The fourth-order valence-corrected chi connectivity index (χ4v) is 1.82. The summed E-state index contributed by atoms with van der Waals surface area (Å²) in [6, 6.07) is 18.4. The highest BCUT2D eigenvalue weighted by Gasteiger charge is 1.99. The summed E-state index contributed by atoms with van der Waals surface area (Å²) >= 11 is 5.85. The molecule has 0 amide bonds. The van der Waals surface area contributed by atoms with Crippen molar-refractivity contribution in [2.45, 2.75) is 12.8 Å². The predicted molar refractivity (Wildman–Crippen MR) is 75.3 cm³/mol. The van der Waals surface area contributed by atoms with Crippen LogP contribution in [0.2, 0.25) is 5.02 Å². The Morgan fingerprint density at radius 3 is 2.24 bits per heavy atom. The molecule has 0 bridgehead atoms. The molecule has 1 unspecified atom stereocenters. The highest BCUT2D eigenvalue weighted by atomic mass is 35.5. The monoisotopic (exact) mass is 242 g/mol. The second kappa shape index (κ2) is 5.70. The summed E-state index contributed by atoms with van der Waals surface area (Å²) in [4.78, 5) is 0. The average molecular weight is 243 g/mol. The van der Waals surface area contributed by atoms with E-state index in [1.165, 1.54) is 11.1 Å². The molecule has 0 spiro atoms. The minimum Gasteiger partial charge on any atom is -0.0843 e. The van der Waals surface area contributed by atoms with Gasteiger partial charge in [-0.05, 0) is 29.2 Å². The van der Waals surface area contributed by atoms with Gasteiger partial charge in [0.25, 0.3) is 0 Å². The third-order valence-electron chi connectivity index (χ3n) is 2.77. The van der Waals surface area contributed by atoms with Crippen molar-refractivity contribution in [2.24, 2.45) is 0 Å². The predicted octanol–water partition coefficient (Wildman–Crippen LogP) is 5.16. The van der Waals surface area contributed by atoms with Crippen molar-refractivity contribution in [3.63, 3.8) is 0 Å². The normalized spacial score (nSPS) is 12.8. The first-order valence-electron chi connectivity index (χ1n) is 5.74. The third kappa shape index (κ3) is 3.47. The van der Waals surface area contributed by atoms with E-state index in [1.807, 2.05) is 30.3 Å². The molecule has 0 nitrogen and oxygen atoms in total. The first-order chi connectivity index (χ1) is 8.25. The zero-order chi connectivity index (χ0) is 12.1. The van der Waals surface area contributed by atoms with Gasteiger partial charge in [0.15, 0.2) is 0 Å². The summed E-state index contributed by atoms with van der Waals surface area (Å²) in [5.74, 6) is 0.423. The smallest absolute Gasteiger partial charge is 0.0406 e. The molecular formula is C16H15Cl. The molecule has 2 aromatic carbocycles. The van der Waals surface area contributed by atoms with Crippen LogP contribution >= 0.6 is 11.6 Å². The van der Waals surface area contributed by atoms with Crippen LogP contribution in [0.1, 0.15) is 24.0 Å². The van der Waals surface area contributed by atoms with Crippen molar-refractivity contribution in [1.29, 1.82) is 0 Å². The maximum absolute atomic E-state index is 5.85. The number of allylic oxidation sites excluding steroid dienone is 1. The highest BCUT2D eigenvalue weighted by molar-refractivity contribution is 6.30. The Morgan fingerprint density at radius 2 is 1.59 bits per heavy atom. The van der Waals surface area contributed by atoms with E-state index >= 15 is 0 Å². The molecular weight excluding hydrogens is 228 g/mol. The van der Waals surface area contributed by atoms with E-state index in [4.69, 9.17) is 11.6 Å². The number of rotatable bonds is 3. The third-order valence-corrected chi connectivity index (χ3v) is 3.02. The highest BCUT2D eigenvalue weighted by Crippen LogP contribution is 2.18. The van der Waals surface area contributed by atoms with Crippen LogP contribution < -0.4 is 0 Å². The molecule has 86 valence electrons. The minimum atomic E-state index is 0.423. The maximum Gasteiger partial charge on any atom is 0.0406 e. The van der Waals surface area contributed by atoms with Gasteiger partial charge in [-0.2, -0.15) is 0 Å². The lowest BCUT2D eigenvalue weighted by molar-refractivity contribution is 0.973. The van der Waals surface area contributed by atoms with Gasteiger partial charge in [0.2, 0.25) is 0 Å². The fourth-order valence-electron chi connectivity index (χ4n) is 1.70. The molecule has 17 heavy (non-hydrogen) atoms. The molecule has 0 heterocycles. The molecule has 0 aromatic heterocycles. The van der Waals surface area contributed by atoms with Crippen LogP contribution in [0, 0.1) is 0 Å². The summed E-state index contributed by atoms with van der Waals surface area (Å²) in [5, 5.41) is 0.776. The largest absolute Gasteiger partial charge is 0.0843 e. The molecule has 0 saturated heterocycles. The Morgan fingerprint density at radius 1 is 0.941 bits per heavy atom. The number of benzene rings is 2. The molecule has 2 rings (SSSR count). The molecule has 0 aliphatic heterocycles. The summed E-state index contributed by atoms with van der Waals surface area (Å²) in [5.41, 5.74) is 2.51. The second-order valence-electron chi connectivity index (χ2n) is 4.11. The molecule has 2 aromatic rings. The van der Waals surface area contributed by atoms with Gasteiger partial charge >= 0.3 is 0 Å². The van der Waals surface area contributed by atoms with Crippen molar-refractivity contribution in [1.82, 2.24) is 0 Å². The van der Waals surface area contributed by atoms with E-state index < -0.39 is 0 Å². The van der Waals surface area contributed by atoms with E-state index in [0.717, 1.165) is 5.02 Å². The summed E-state index contributed by atoms with van der Waals surface area (Å²) in [6.45, 7) is 2.20. The average Bonchev–Trinajstić information content (AvgIpc) is 2.39. The van der Waals surface area contributed by atoms with Crippen LogP contribution in [0.25, 0.3) is 6.08 Å². The van der Waals surface area contributed by atoms with Gasteiger partial charge in [0.1, 0.15) is 0 Å². The quantitative estimate of drug-likeness (QED) is 0.698. The summed E-state index contributed by atoms with van der Waals surface area (Å²) in [7, 11) is 0. The SMILES string of the molecule is CC(/C=C\c1ccc(Cl)cc1)c1ccccc1. The zero-order valence-electron chi connectivity index (χ0n) is 9.81. The number of hydrogen-bond donors (Lipinski definition) is 0. The number of hydrogen-bond acceptors (Lipinski definition) is 0.